The molecule has 0 spiro atoms. The van der Waals surface area contributed by atoms with Gasteiger partial charge in [0.05, 0.1) is 32.1 Å². The van der Waals surface area contributed by atoms with E-state index < -0.39 is 5.97 Å². The Hall–Kier alpha value is -2.02. The zero-order valence-corrected chi connectivity index (χ0v) is 7.69. The van der Waals surface area contributed by atoms with Crippen molar-refractivity contribution in [2.45, 2.75) is 6.42 Å². The van der Waals surface area contributed by atoms with Gasteiger partial charge in [-0.2, -0.15) is 5.26 Å². The van der Waals surface area contributed by atoms with E-state index in [2.05, 4.69) is 4.74 Å². The molecule has 0 aliphatic carbocycles. The molecule has 72 valence electrons. The lowest BCUT2D eigenvalue weighted by atomic mass is 10.1. The maximum absolute atomic E-state index is 10.8. The van der Waals surface area contributed by atoms with Crippen molar-refractivity contribution in [3.8, 4) is 6.07 Å². The van der Waals surface area contributed by atoms with E-state index in [0.29, 0.717) is 0 Å². The predicted octanol–water partition coefficient (Wildman–Crippen LogP) is 1.53. The van der Waals surface area contributed by atoms with Crippen molar-refractivity contribution in [2.75, 3.05) is 7.11 Å². The molecule has 4 nitrogen and oxygen atoms in total. The fraction of sp³-hybridized carbons (Fsp3) is 0.200. The summed E-state index contributed by atoms with van der Waals surface area (Å²) in [7, 11) is 1.30. The Bertz CT molecular complexity index is 384. The Morgan fingerprint density at radius 3 is 3.14 bits per heavy atom. The number of hydrogen-bond donors (Lipinski definition) is 0. The highest BCUT2D eigenvalue weighted by Crippen LogP contribution is 2.12. The van der Waals surface area contributed by atoms with Gasteiger partial charge in [-0.25, -0.2) is 4.79 Å². The molecule has 1 aromatic rings. The number of furan rings is 1. The van der Waals surface area contributed by atoms with Gasteiger partial charge in [0.1, 0.15) is 0 Å². The monoisotopic (exact) mass is 191 g/mol. The Morgan fingerprint density at radius 1 is 1.71 bits per heavy atom. The number of esters is 1. The van der Waals surface area contributed by atoms with Crippen LogP contribution in [0, 0.1) is 11.3 Å². The molecule has 0 amide bonds. The fourth-order valence-corrected chi connectivity index (χ4v) is 0.934. The molecule has 0 atom stereocenters. The average Bonchev–Trinajstić information content (AvgIpc) is 2.62. The Labute approximate surface area is 81.4 Å². The van der Waals surface area contributed by atoms with Crippen LogP contribution in [0.4, 0.5) is 0 Å². The standard InChI is InChI=1S/C10H9NO3/c1-13-10(12)3-2-8-6-14-7-9(8)4-5-11/h2-3,6-7H,4H2,1H3/b3-2+. The summed E-state index contributed by atoms with van der Waals surface area (Å²) in [4.78, 5) is 10.8. The van der Waals surface area contributed by atoms with Crippen molar-refractivity contribution in [3.05, 3.63) is 29.7 Å². The Morgan fingerprint density at radius 2 is 2.50 bits per heavy atom. The zero-order chi connectivity index (χ0) is 10.4. The predicted molar refractivity (Wildman–Crippen MR) is 49.1 cm³/mol. The third-order valence-electron chi connectivity index (χ3n) is 1.65. The number of nitriles is 1. The Balaban J connectivity index is 2.76. The molecule has 0 saturated heterocycles. The molecule has 1 rings (SSSR count). The number of rotatable bonds is 3. The van der Waals surface area contributed by atoms with Crippen LogP contribution in [-0.2, 0) is 16.0 Å². The molecule has 4 heteroatoms. The van der Waals surface area contributed by atoms with Gasteiger partial charge >= 0.3 is 5.97 Å². The summed E-state index contributed by atoms with van der Waals surface area (Å²) in [5.41, 5.74) is 1.48. The molecule has 0 aliphatic rings. The summed E-state index contributed by atoms with van der Waals surface area (Å²) < 4.78 is 9.34. The lowest BCUT2D eigenvalue weighted by Crippen LogP contribution is -1.93. The molecule has 1 aromatic heterocycles. The number of carbonyl (C=O) groups is 1. The first-order valence-corrected chi connectivity index (χ1v) is 3.96. The molecule has 0 unspecified atom stereocenters. The molecule has 0 saturated carbocycles. The van der Waals surface area contributed by atoms with E-state index in [9.17, 15) is 4.79 Å². The molecule has 0 bridgehead atoms. The van der Waals surface area contributed by atoms with Crippen LogP contribution in [0.1, 0.15) is 11.1 Å². The van der Waals surface area contributed by atoms with E-state index in [1.807, 2.05) is 6.07 Å². The highest BCUT2D eigenvalue weighted by molar-refractivity contribution is 5.87. The van der Waals surface area contributed by atoms with Crippen molar-refractivity contribution in [3.63, 3.8) is 0 Å². The summed E-state index contributed by atoms with van der Waals surface area (Å²) >= 11 is 0. The summed E-state index contributed by atoms with van der Waals surface area (Å²) in [6, 6.07) is 2.00. The summed E-state index contributed by atoms with van der Waals surface area (Å²) in [6.45, 7) is 0. The van der Waals surface area contributed by atoms with Crippen molar-refractivity contribution in [1.29, 1.82) is 5.26 Å². The highest BCUT2D eigenvalue weighted by Gasteiger charge is 2.02. The van der Waals surface area contributed by atoms with Gasteiger partial charge in [0.25, 0.3) is 0 Å². The van der Waals surface area contributed by atoms with Crippen molar-refractivity contribution >= 4 is 12.0 Å². The van der Waals surface area contributed by atoms with Crippen LogP contribution in [0.15, 0.2) is 23.0 Å². The van der Waals surface area contributed by atoms with Crippen LogP contribution in [0.5, 0.6) is 0 Å². The molecular weight excluding hydrogens is 182 g/mol. The van der Waals surface area contributed by atoms with Crippen LogP contribution in [-0.4, -0.2) is 13.1 Å². The van der Waals surface area contributed by atoms with Gasteiger partial charge < -0.3 is 9.15 Å². The van der Waals surface area contributed by atoms with Crippen molar-refractivity contribution in [2.24, 2.45) is 0 Å². The average molecular weight is 191 g/mol. The molecule has 0 fully saturated rings. The number of methoxy groups -OCH3 is 1. The highest BCUT2D eigenvalue weighted by atomic mass is 16.5. The van der Waals surface area contributed by atoms with Crippen LogP contribution < -0.4 is 0 Å². The van der Waals surface area contributed by atoms with Gasteiger partial charge in [0.15, 0.2) is 0 Å². The van der Waals surface area contributed by atoms with E-state index >= 15 is 0 Å². The van der Waals surface area contributed by atoms with E-state index in [0.717, 1.165) is 11.1 Å². The second-order valence-corrected chi connectivity index (χ2v) is 2.54. The molecule has 1 heterocycles. The van der Waals surface area contributed by atoms with Crippen molar-refractivity contribution < 1.29 is 13.9 Å². The number of hydrogen-bond acceptors (Lipinski definition) is 4. The molecule has 0 radical (unpaired) electrons. The number of nitrogens with zero attached hydrogens (tertiary/aromatic N) is 1. The summed E-state index contributed by atoms with van der Waals surface area (Å²) in [5.74, 6) is -0.436. The lowest BCUT2D eigenvalue weighted by Gasteiger charge is -1.90. The Kier molecular flexibility index (Phi) is 3.50. The first-order valence-electron chi connectivity index (χ1n) is 3.96. The zero-order valence-electron chi connectivity index (χ0n) is 7.69. The van der Waals surface area contributed by atoms with Crippen LogP contribution >= 0.6 is 0 Å². The van der Waals surface area contributed by atoms with E-state index in [4.69, 9.17) is 9.68 Å². The lowest BCUT2D eigenvalue weighted by molar-refractivity contribution is -0.134. The normalized spacial score (nSPS) is 10.0. The molecule has 0 aromatic carbocycles. The minimum atomic E-state index is -0.436. The maximum atomic E-state index is 10.8. The first-order chi connectivity index (χ1) is 6.77. The van der Waals surface area contributed by atoms with E-state index in [1.54, 1.807) is 6.08 Å². The second kappa shape index (κ2) is 4.87. The van der Waals surface area contributed by atoms with Gasteiger partial charge in [0.2, 0.25) is 0 Å². The second-order valence-electron chi connectivity index (χ2n) is 2.54. The van der Waals surface area contributed by atoms with E-state index in [1.165, 1.54) is 25.7 Å². The van der Waals surface area contributed by atoms with Crippen LogP contribution in [0.3, 0.4) is 0 Å². The third-order valence-corrected chi connectivity index (χ3v) is 1.65. The molecular formula is C10H9NO3. The van der Waals surface area contributed by atoms with Crippen LogP contribution in [0.25, 0.3) is 6.08 Å². The largest absolute Gasteiger partial charge is 0.472 e. The van der Waals surface area contributed by atoms with Gasteiger partial charge in [-0.1, -0.05) is 0 Å². The third kappa shape index (κ3) is 2.49. The minimum Gasteiger partial charge on any atom is -0.472 e. The number of carbonyl (C=O) groups excluding carboxylic acids is 1. The fourth-order valence-electron chi connectivity index (χ4n) is 0.934. The van der Waals surface area contributed by atoms with Gasteiger partial charge in [-0.15, -0.1) is 0 Å². The van der Waals surface area contributed by atoms with Gasteiger partial charge in [0, 0.05) is 17.2 Å². The van der Waals surface area contributed by atoms with E-state index in [-0.39, 0.29) is 6.42 Å². The van der Waals surface area contributed by atoms with Gasteiger partial charge in [-0.05, 0) is 6.08 Å². The van der Waals surface area contributed by atoms with Gasteiger partial charge in [-0.3, -0.25) is 0 Å². The number of ether oxygens (including phenoxy) is 1. The minimum absolute atomic E-state index is 0.261. The molecule has 14 heavy (non-hydrogen) atoms. The SMILES string of the molecule is COC(=O)/C=C/c1cocc1CC#N. The summed E-state index contributed by atoms with van der Waals surface area (Å²) in [5, 5.41) is 8.48. The van der Waals surface area contributed by atoms with Crippen molar-refractivity contribution in [1.82, 2.24) is 0 Å². The maximum Gasteiger partial charge on any atom is 0.330 e. The molecule has 0 aliphatic heterocycles. The topological polar surface area (TPSA) is 63.2 Å². The summed E-state index contributed by atoms with van der Waals surface area (Å²) in [6.07, 6.45) is 6.07. The first kappa shape index (κ1) is 10.1. The quantitative estimate of drug-likeness (QED) is 0.537. The van der Waals surface area contributed by atoms with Crippen LogP contribution in [0.2, 0.25) is 0 Å². The molecule has 0 N–H and O–H groups in total. The smallest absolute Gasteiger partial charge is 0.330 e.